The minimum Gasteiger partial charge on any atom is -0.384 e. The molecule has 0 unspecified atom stereocenters. The summed E-state index contributed by atoms with van der Waals surface area (Å²) in [5.74, 6) is -0.965. The van der Waals surface area contributed by atoms with Crippen LogP contribution in [0.3, 0.4) is 0 Å². The second kappa shape index (κ2) is 5.88. The second-order valence-corrected chi connectivity index (χ2v) is 5.30. The van der Waals surface area contributed by atoms with Gasteiger partial charge >= 0.3 is 6.18 Å². The number of halogens is 4. The van der Waals surface area contributed by atoms with Gasteiger partial charge in [-0.3, -0.25) is 0 Å². The summed E-state index contributed by atoms with van der Waals surface area (Å²) in [7, 11) is 0. The molecule has 0 saturated carbocycles. The molecule has 20 heavy (non-hydrogen) atoms. The van der Waals surface area contributed by atoms with Crippen molar-refractivity contribution < 1.29 is 13.2 Å². The van der Waals surface area contributed by atoms with Gasteiger partial charge < -0.3 is 5.73 Å². The molecule has 8 heteroatoms. The molecule has 0 aliphatic heterocycles. The maximum atomic E-state index is 12.6. The number of hydrogen-bond donors (Lipinski definition) is 1. The molecule has 0 aliphatic rings. The monoisotopic (exact) mass is 319 g/mol. The maximum Gasteiger partial charge on any atom is 0.451 e. The van der Waals surface area contributed by atoms with Gasteiger partial charge in [-0.25, -0.2) is 9.97 Å². The number of aromatic nitrogens is 2. The lowest BCUT2D eigenvalue weighted by Gasteiger charge is -2.08. The molecule has 2 N–H and O–H groups in total. The van der Waals surface area contributed by atoms with Gasteiger partial charge in [-0.15, -0.1) is 11.8 Å². The van der Waals surface area contributed by atoms with E-state index in [1.807, 2.05) is 0 Å². The van der Waals surface area contributed by atoms with Gasteiger partial charge in [-0.1, -0.05) is 23.7 Å². The number of thioether (sulfide) groups is 1. The highest BCUT2D eigenvalue weighted by Gasteiger charge is 2.35. The van der Waals surface area contributed by atoms with Crippen molar-refractivity contribution in [2.75, 3.05) is 5.73 Å². The van der Waals surface area contributed by atoms with Crippen molar-refractivity contribution in [3.8, 4) is 0 Å². The van der Waals surface area contributed by atoms with Crippen LogP contribution in [0.25, 0.3) is 0 Å². The van der Waals surface area contributed by atoms with Gasteiger partial charge in [-0.2, -0.15) is 13.2 Å². The minimum atomic E-state index is -4.61. The van der Waals surface area contributed by atoms with E-state index >= 15 is 0 Å². The summed E-state index contributed by atoms with van der Waals surface area (Å²) in [5.41, 5.74) is 6.28. The first-order valence-electron chi connectivity index (χ1n) is 5.43. The molecule has 2 aromatic rings. The van der Waals surface area contributed by atoms with E-state index in [1.165, 1.54) is 6.07 Å². The van der Waals surface area contributed by atoms with Gasteiger partial charge in [0.25, 0.3) is 0 Å². The molecular formula is C12H9ClF3N3S. The second-order valence-electron chi connectivity index (χ2n) is 3.87. The maximum absolute atomic E-state index is 12.6. The van der Waals surface area contributed by atoms with Crippen LogP contribution in [0.1, 0.15) is 11.4 Å². The van der Waals surface area contributed by atoms with Crippen LogP contribution in [0.15, 0.2) is 35.4 Å². The number of hydrogen-bond acceptors (Lipinski definition) is 4. The van der Waals surface area contributed by atoms with Crippen LogP contribution in [0.2, 0.25) is 5.02 Å². The quantitative estimate of drug-likeness (QED) is 0.685. The molecule has 0 radical (unpaired) electrons. The molecular weight excluding hydrogens is 311 g/mol. The van der Waals surface area contributed by atoms with Gasteiger partial charge in [0.05, 0.1) is 0 Å². The Bertz CT molecular complexity index is 602. The van der Waals surface area contributed by atoms with Crippen molar-refractivity contribution in [2.24, 2.45) is 0 Å². The highest BCUT2D eigenvalue weighted by atomic mass is 35.5. The molecule has 0 saturated heterocycles. The molecule has 0 atom stereocenters. The average molecular weight is 320 g/mol. The van der Waals surface area contributed by atoms with Gasteiger partial charge in [0, 0.05) is 16.8 Å². The van der Waals surface area contributed by atoms with E-state index in [9.17, 15) is 13.2 Å². The molecule has 0 spiro atoms. The summed E-state index contributed by atoms with van der Waals surface area (Å²) >= 11 is 6.90. The van der Waals surface area contributed by atoms with Crippen LogP contribution in [0.5, 0.6) is 0 Å². The zero-order valence-electron chi connectivity index (χ0n) is 9.99. The van der Waals surface area contributed by atoms with Crippen LogP contribution in [0, 0.1) is 0 Å². The third-order valence-corrected chi connectivity index (χ3v) is 3.51. The van der Waals surface area contributed by atoms with E-state index in [4.69, 9.17) is 17.3 Å². The first kappa shape index (κ1) is 14.9. The SMILES string of the molecule is Nc1cc(SCc2ccc(Cl)cc2)nc(C(F)(F)F)n1. The fourth-order valence-electron chi connectivity index (χ4n) is 1.38. The lowest BCUT2D eigenvalue weighted by atomic mass is 10.2. The number of alkyl halides is 3. The molecule has 0 fully saturated rings. The van der Waals surface area contributed by atoms with E-state index in [1.54, 1.807) is 24.3 Å². The molecule has 106 valence electrons. The largest absolute Gasteiger partial charge is 0.451 e. The van der Waals surface area contributed by atoms with Crippen LogP contribution < -0.4 is 5.73 Å². The first-order valence-corrected chi connectivity index (χ1v) is 6.80. The van der Waals surface area contributed by atoms with Crippen molar-refractivity contribution in [3.05, 3.63) is 46.7 Å². The molecule has 0 aliphatic carbocycles. The van der Waals surface area contributed by atoms with Crippen molar-refractivity contribution >= 4 is 29.2 Å². The Kier molecular flexibility index (Phi) is 4.39. The molecule has 1 heterocycles. The zero-order chi connectivity index (χ0) is 14.8. The summed E-state index contributed by atoms with van der Waals surface area (Å²) in [6, 6.07) is 8.34. The Balaban J connectivity index is 2.13. The average Bonchev–Trinajstić information content (AvgIpc) is 2.36. The van der Waals surface area contributed by atoms with Gasteiger partial charge in [0.2, 0.25) is 5.82 Å². The molecule has 1 aromatic carbocycles. The van der Waals surface area contributed by atoms with Crippen LogP contribution in [-0.2, 0) is 11.9 Å². The standard InChI is InChI=1S/C12H9ClF3N3S/c13-8-3-1-7(2-4-8)6-20-10-5-9(17)18-11(19-10)12(14,15)16/h1-5H,6H2,(H2,17,18,19). The minimum absolute atomic E-state index is 0.180. The predicted molar refractivity (Wildman–Crippen MR) is 72.5 cm³/mol. The summed E-state index contributed by atoms with van der Waals surface area (Å²) in [4.78, 5) is 6.64. The Labute approximate surface area is 122 Å². The number of nitrogen functional groups attached to an aromatic ring is 1. The summed E-state index contributed by atoms with van der Waals surface area (Å²) in [6.45, 7) is 0. The van der Waals surface area contributed by atoms with E-state index in [0.717, 1.165) is 17.3 Å². The van der Waals surface area contributed by atoms with E-state index < -0.39 is 12.0 Å². The smallest absolute Gasteiger partial charge is 0.384 e. The Hall–Kier alpha value is -1.47. The lowest BCUT2D eigenvalue weighted by Crippen LogP contribution is -2.12. The Morgan fingerprint density at radius 2 is 1.80 bits per heavy atom. The first-order chi connectivity index (χ1) is 9.34. The third-order valence-electron chi connectivity index (χ3n) is 2.28. The fourth-order valence-corrected chi connectivity index (χ4v) is 2.37. The number of nitrogens with two attached hydrogens (primary N) is 1. The molecule has 0 bridgehead atoms. The molecule has 3 nitrogen and oxygen atoms in total. The molecule has 1 aromatic heterocycles. The van der Waals surface area contributed by atoms with Gasteiger partial charge in [0.1, 0.15) is 10.8 Å². The predicted octanol–water partition coefficient (Wildman–Crippen LogP) is 4.02. The van der Waals surface area contributed by atoms with Crippen molar-refractivity contribution in [2.45, 2.75) is 17.0 Å². The van der Waals surface area contributed by atoms with Gasteiger partial charge in [-0.05, 0) is 17.7 Å². The lowest BCUT2D eigenvalue weighted by molar-refractivity contribution is -0.145. The van der Waals surface area contributed by atoms with E-state index in [2.05, 4.69) is 9.97 Å². The highest BCUT2D eigenvalue weighted by Crippen LogP contribution is 2.30. The summed E-state index contributed by atoms with van der Waals surface area (Å²) < 4.78 is 37.7. The molecule has 0 amide bonds. The van der Waals surface area contributed by atoms with Crippen LogP contribution in [0.4, 0.5) is 19.0 Å². The Morgan fingerprint density at radius 1 is 1.15 bits per heavy atom. The van der Waals surface area contributed by atoms with E-state index in [-0.39, 0.29) is 10.8 Å². The van der Waals surface area contributed by atoms with Crippen molar-refractivity contribution in [3.63, 3.8) is 0 Å². The number of anilines is 1. The van der Waals surface area contributed by atoms with Crippen LogP contribution >= 0.6 is 23.4 Å². The van der Waals surface area contributed by atoms with E-state index in [0.29, 0.717) is 10.8 Å². The van der Waals surface area contributed by atoms with Gasteiger partial charge in [0.15, 0.2) is 0 Å². The number of benzene rings is 1. The summed E-state index contributed by atoms with van der Waals surface area (Å²) in [6.07, 6.45) is -4.61. The third kappa shape index (κ3) is 4.01. The van der Waals surface area contributed by atoms with Crippen molar-refractivity contribution in [1.82, 2.24) is 9.97 Å². The molecule has 2 rings (SSSR count). The zero-order valence-corrected chi connectivity index (χ0v) is 11.6. The normalized spacial score (nSPS) is 11.6. The highest BCUT2D eigenvalue weighted by molar-refractivity contribution is 7.98. The fraction of sp³-hybridized carbons (Fsp3) is 0.167. The Morgan fingerprint density at radius 3 is 2.40 bits per heavy atom. The summed E-state index contributed by atoms with van der Waals surface area (Å²) in [5, 5.41) is 0.782. The van der Waals surface area contributed by atoms with Crippen molar-refractivity contribution in [1.29, 1.82) is 0 Å². The number of nitrogens with zero attached hydrogens (tertiary/aromatic N) is 2. The topological polar surface area (TPSA) is 51.8 Å². The number of rotatable bonds is 3. The van der Waals surface area contributed by atoms with Crippen LogP contribution in [-0.4, -0.2) is 9.97 Å².